The van der Waals surface area contributed by atoms with Crippen molar-refractivity contribution in [1.29, 1.82) is 0 Å². The molecule has 10 aromatic carbocycles. The van der Waals surface area contributed by atoms with Crippen molar-refractivity contribution in [2.45, 2.75) is 23.7 Å². The highest BCUT2D eigenvalue weighted by Gasteiger charge is 2.51. The van der Waals surface area contributed by atoms with Crippen LogP contribution >= 0.6 is 0 Å². The van der Waals surface area contributed by atoms with Gasteiger partial charge in [-0.05, 0) is 123 Å². The van der Waals surface area contributed by atoms with Gasteiger partial charge in [-0.25, -0.2) is 0 Å². The van der Waals surface area contributed by atoms with Crippen molar-refractivity contribution >= 4 is 10.8 Å². The minimum Gasteiger partial charge on any atom is -0.0622 e. The molecule has 0 saturated heterocycles. The molecular weight excluding hydrogens is 745 g/mol. The van der Waals surface area contributed by atoms with Gasteiger partial charge in [-0.15, -0.1) is 0 Å². The summed E-state index contributed by atoms with van der Waals surface area (Å²) in [5.41, 5.74) is 23.9. The molecular formula is C62H42. The van der Waals surface area contributed by atoms with E-state index in [0.29, 0.717) is 0 Å². The van der Waals surface area contributed by atoms with Crippen LogP contribution in [0.2, 0.25) is 0 Å². The van der Waals surface area contributed by atoms with Crippen molar-refractivity contribution in [2.24, 2.45) is 0 Å². The SMILES string of the molecule is c1ccc(CC(c2ccccc2)c2ccc3c(c2)C(c2ccc(-c4ccc5c(c4)-c4ccccc4C54c5ccccc5-c5ccccc54)c4ccccc24)c2ccccc2-3)cc1. The van der Waals surface area contributed by atoms with Crippen LogP contribution in [0, 0.1) is 0 Å². The molecule has 290 valence electrons. The molecule has 10 aromatic rings. The van der Waals surface area contributed by atoms with E-state index in [2.05, 4.69) is 231 Å². The molecule has 3 aliphatic rings. The van der Waals surface area contributed by atoms with E-state index in [-0.39, 0.29) is 17.3 Å². The molecule has 1 spiro atoms. The lowest BCUT2D eigenvalue weighted by Gasteiger charge is -2.30. The van der Waals surface area contributed by atoms with Crippen molar-refractivity contribution in [2.75, 3.05) is 0 Å². The molecule has 0 aromatic heterocycles. The topological polar surface area (TPSA) is 0 Å². The highest BCUT2D eigenvalue weighted by Crippen LogP contribution is 2.63. The minimum atomic E-state index is -0.341. The molecule has 2 unspecified atom stereocenters. The maximum absolute atomic E-state index is 2.54. The first-order chi connectivity index (χ1) is 30.8. The Hall–Kier alpha value is -7.54. The molecule has 0 nitrogen and oxygen atoms in total. The third kappa shape index (κ3) is 5.01. The van der Waals surface area contributed by atoms with Crippen LogP contribution in [-0.4, -0.2) is 0 Å². The summed E-state index contributed by atoms with van der Waals surface area (Å²) in [6.45, 7) is 0. The van der Waals surface area contributed by atoms with Crippen molar-refractivity contribution < 1.29 is 0 Å². The molecule has 0 radical (unpaired) electrons. The van der Waals surface area contributed by atoms with Gasteiger partial charge in [0, 0.05) is 11.8 Å². The first-order valence-corrected chi connectivity index (χ1v) is 22.1. The van der Waals surface area contributed by atoms with Crippen LogP contribution in [0.4, 0.5) is 0 Å². The number of benzene rings is 10. The Balaban J connectivity index is 0.966. The second-order valence-electron chi connectivity index (χ2n) is 17.4. The van der Waals surface area contributed by atoms with Crippen molar-refractivity contribution in [3.63, 3.8) is 0 Å². The number of fused-ring (bicyclic) bond motifs is 14. The standard InChI is InChI=1S/C62H42/c1-3-17-40(18-4-1)37-54(41-19-5-2-6-20-41)43-31-33-48-47-23-9-10-27-52(47)61(56(48)39-43)53-35-34-44(45-21-7-8-22-46(45)53)42-32-36-60-55(38-42)51-26-13-16-30-59(51)62(60)57-28-14-11-24-49(57)50-25-12-15-29-58(50)62/h1-36,38-39,54,61H,37H2. The fourth-order valence-electron chi connectivity index (χ4n) is 11.8. The van der Waals surface area contributed by atoms with Gasteiger partial charge in [0.25, 0.3) is 0 Å². The van der Waals surface area contributed by atoms with Gasteiger partial charge in [-0.3, -0.25) is 0 Å². The summed E-state index contributed by atoms with van der Waals surface area (Å²) in [4.78, 5) is 0. The highest BCUT2D eigenvalue weighted by atomic mass is 14.5. The second kappa shape index (κ2) is 13.7. The third-order valence-corrected chi connectivity index (χ3v) is 14.4. The lowest BCUT2D eigenvalue weighted by molar-refractivity contribution is 0.794. The lowest BCUT2D eigenvalue weighted by Crippen LogP contribution is -2.25. The van der Waals surface area contributed by atoms with E-state index in [1.54, 1.807) is 0 Å². The van der Waals surface area contributed by atoms with Gasteiger partial charge in [0.05, 0.1) is 5.41 Å². The first kappa shape index (κ1) is 35.2. The number of hydrogen-bond acceptors (Lipinski definition) is 0. The Bertz CT molecular complexity index is 3340. The molecule has 0 bridgehead atoms. The zero-order valence-electron chi connectivity index (χ0n) is 34.3. The van der Waals surface area contributed by atoms with Crippen LogP contribution in [0.5, 0.6) is 0 Å². The predicted molar refractivity (Wildman–Crippen MR) is 257 cm³/mol. The number of hydrogen-bond donors (Lipinski definition) is 0. The van der Waals surface area contributed by atoms with Crippen molar-refractivity contribution in [3.8, 4) is 44.5 Å². The lowest BCUT2D eigenvalue weighted by atomic mass is 9.70. The number of rotatable bonds is 6. The maximum atomic E-state index is 2.54. The van der Waals surface area contributed by atoms with Gasteiger partial charge in [0.15, 0.2) is 0 Å². The van der Waals surface area contributed by atoms with E-state index in [1.807, 2.05) is 0 Å². The van der Waals surface area contributed by atoms with Crippen LogP contribution in [0.15, 0.2) is 231 Å². The maximum Gasteiger partial charge on any atom is 0.0725 e. The molecule has 3 aliphatic carbocycles. The van der Waals surface area contributed by atoms with Gasteiger partial charge in [-0.2, -0.15) is 0 Å². The Labute approximate surface area is 363 Å². The summed E-state index contributed by atoms with van der Waals surface area (Å²) in [5.74, 6) is 0.352. The molecule has 0 amide bonds. The molecule has 0 N–H and O–H groups in total. The van der Waals surface area contributed by atoms with Gasteiger partial charge in [-0.1, -0.05) is 224 Å². The monoisotopic (exact) mass is 786 g/mol. The normalized spacial score (nSPS) is 15.1. The zero-order chi connectivity index (χ0) is 40.8. The summed E-state index contributed by atoms with van der Waals surface area (Å²) in [5, 5.41) is 2.60. The molecule has 62 heavy (non-hydrogen) atoms. The van der Waals surface area contributed by atoms with Gasteiger partial charge in [0.2, 0.25) is 0 Å². The summed E-state index contributed by atoms with van der Waals surface area (Å²) >= 11 is 0. The minimum absolute atomic E-state index is 0.113. The Morgan fingerprint density at radius 2 is 0.855 bits per heavy atom. The van der Waals surface area contributed by atoms with Crippen molar-refractivity contribution in [3.05, 3.63) is 286 Å². The summed E-state index contributed by atoms with van der Waals surface area (Å²) in [7, 11) is 0. The van der Waals surface area contributed by atoms with E-state index >= 15 is 0 Å². The average Bonchev–Trinajstić information content (AvgIpc) is 3.95. The molecule has 13 rings (SSSR count). The Morgan fingerprint density at radius 1 is 0.323 bits per heavy atom. The Kier molecular flexibility index (Phi) is 7.81. The van der Waals surface area contributed by atoms with E-state index in [1.165, 1.54) is 111 Å². The van der Waals surface area contributed by atoms with Crippen LogP contribution < -0.4 is 0 Å². The van der Waals surface area contributed by atoms with Crippen LogP contribution in [0.3, 0.4) is 0 Å². The molecule has 0 heterocycles. The van der Waals surface area contributed by atoms with Crippen LogP contribution in [0.1, 0.15) is 67.5 Å². The van der Waals surface area contributed by atoms with Crippen molar-refractivity contribution in [1.82, 2.24) is 0 Å². The molecule has 0 saturated carbocycles. The average molecular weight is 787 g/mol. The van der Waals surface area contributed by atoms with E-state index < -0.39 is 0 Å². The summed E-state index contributed by atoms with van der Waals surface area (Å²) in [6.07, 6.45) is 0.949. The van der Waals surface area contributed by atoms with Gasteiger partial charge < -0.3 is 0 Å². The summed E-state index contributed by atoms with van der Waals surface area (Å²) < 4.78 is 0. The van der Waals surface area contributed by atoms with E-state index in [4.69, 9.17) is 0 Å². The quantitative estimate of drug-likeness (QED) is 0.157. The predicted octanol–water partition coefficient (Wildman–Crippen LogP) is 15.4. The third-order valence-electron chi connectivity index (χ3n) is 14.4. The van der Waals surface area contributed by atoms with Crippen LogP contribution in [0.25, 0.3) is 55.3 Å². The molecule has 0 fully saturated rings. The fourth-order valence-corrected chi connectivity index (χ4v) is 11.8. The molecule has 0 aliphatic heterocycles. The zero-order valence-corrected chi connectivity index (χ0v) is 34.3. The molecule has 2 atom stereocenters. The first-order valence-electron chi connectivity index (χ1n) is 22.1. The van der Waals surface area contributed by atoms with E-state index in [0.717, 1.165) is 6.42 Å². The van der Waals surface area contributed by atoms with Crippen LogP contribution in [-0.2, 0) is 11.8 Å². The largest absolute Gasteiger partial charge is 0.0725 e. The smallest absolute Gasteiger partial charge is 0.0622 e. The van der Waals surface area contributed by atoms with Gasteiger partial charge >= 0.3 is 0 Å². The second-order valence-corrected chi connectivity index (χ2v) is 17.4. The van der Waals surface area contributed by atoms with Gasteiger partial charge in [0.1, 0.15) is 0 Å². The Morgan fingerprint density at radius 3 is 1.56 bits per heavy atom. The van der Waals surface area contributed by atoms with E-state index in [9.17, 15) is 0 Å². The highest BCUT2D eigenvalue weighted by molar-refractivity contribution is 6.02. The summed E-state index contributed by atoms with van der Waals surface area (Å²) in [6, 6.07) is 87.0. The molecule has 0 heteroatoms. The fraction of sp³-hybridized carbons (Fsp3) is 0.0645.